The van der Waals surface area contributed by atoms with Crippen molar-refractivity contribution < 1.29 is 9.90 Å². The molecule has 0 saturated heterocycles. The van der Waals surface area contributed by atoms with E-state index in [-0.39, 0.29) is 0 Å². The van der Waals surface area contributed by atoms with Crippen LogP contribution in [0.2, 0.25) is 0 Å². The minimum Gasteiger partial charge on any atom is -0.480 e. The van der Waals surface area contributed by atoms with E-state index in [2.05, 4.69) is 21.9 Å². The van der Waals surface area contributed by atoms with Gasteiger partial charge < -0.3 is 10.4 Å². The number of hydrogen-bond donors (Lipinski definition) is 2. The summed E-state index contributed by atoms with van der Waals surface area (Å²) in [5, 5.41) is 15.4. The number of carbonyl (C=O) groups is 1. The largest absolute Gasteiger partial charge is 0.480 e. The highest BCUT2D eigenvalue weighted by Crippen LogP contribution is 2.13. The zero-order valence-electron chi connectivity index (χ0n) is 9.52. The van der Waals surface area contributed by atoms with E-state index in [9.17, 15) is 4.79 Å². The number of azide groups is 1. The molecule has 0 bridgehead atoms. The van der Waals surface area contributed by atoms with E-state index >= 15 is 0 Å². The summed E-state index contributed by atoms with van der Waals surface area (Å²) < 4.78 is 0. The normalized spacial score (nSPS) is 13.6. The molecule has 6 heteroatoms. The van der Waals surface area contributed by atoms with Crippen LogP contribution >= 0.6 is 0 Å². The van der Waals surface area contributed by atoms with E-state index < -0.39 is 11.5 Å². The van der Waals surface area contributed by atoms with E-state index in [0.29, 0.717) is 32.4 Å². The molecule has 0 aliphatic rings. The molecule has 1 atom stereocenters. The Balaban J connectivity index is 4.06. The van der Waals surface area contributed by atoms with Gasteiger partial charge in [0.05, 0.1) is 0 Å². The van der Waals surface area contributed by atoms with Crippen LogP contribution in [0.3, 0.4) is 0 Å². The molecule has 90 valence electrons. The Morgan fingerprint density at radius 1 is 1.75 bits per heavy atom. The van der Waals surface area contributed by atoms with E-state index in [0.717, 1.165) is 0 Å². The molecular formula is C10H18N4O2. The zero-order valence-corrected chi connectivity index (χ0v) is 9.52. The number of nitrogens with zero attached hydrogens (tertiary/aromatic N) is 3. The number of carboxylic acid groups (broad SMARTS) is 1. The van der Waals surface area contributed by atoms with Gasteiger partial charge in [-0.05, 0) is 38.3 Å². The summed E-state index contributed by atoms with van der Waals surface area (Å²) in [5.74, 6) is -0.877. The van der Waals surface area contributed by atoms with Gasteiger partial charge in [0.25, 0.3) is 0 Å². The standard InChI is InChI=1S/C10H18N4O2/c1-3-4-6-10(2,9(15)16)12-7-5-8-13-14-11/h3,12H,1,4-8H2,2H3,(H,15,16). The lowest BCUT2D eigenvalue weighted by Crippen LogP contribution is -2.49. The summed E-state index contributed by atoms with van der Waals surface area (Å²) in [4.78, 5) is 13.7. The van der Waals surface area contributed by atoms with Crippen molar-refractivity contribution in [1.82, 2.24) is 5.32 Å². The Kier molecular flexibility index (Phi) is 7.00. The number of allylic oxidation sites excluding steroid dienone is 1. The van der Waals surface area contributed by atoms with Crippen LogP contribution in [0.4, 0.5) is 0 Å². The van der Waals surface area contributed by atoms with Crippen molar-refractivity contribution in [2.45, 2.75) is 31.7 Å². The zero-order chi connectivity index (χ0) is 12.4. The molecule has 0 aliphatic heterocycles. The van der Waals surface area contributed by atoms with Gasteiger partial charge in [0.15, 0.2) is 0 Å². The van der Waals surface area contributed by atoms with Crippen molar-refractivity contribution in [2.75, 3.05) is 13.1 Å². The smallest absolute Gasteiger partial charge is 0.323 e. The average molecular weight is 226 g/mol. The van der Waals surface area contributed by atoms with Gasteiger partial charge in [-0.25, -0.2) is 0 Å². The number of nitrogens with one attached hydrogen (secondary N) is 1. The fourth-order valence-electron chi connectivity index (χ4n) is 1.22. The highest BCUT2D eigenvalue weighted by Gasteiger charge is 2.30. The monoisotopic (exact) mass is 226 g/mol. The lowest BCUT2D eigenvalue weighted by atomic mass is 9.96. The number of hydrogen-bond acceptors (Lipinski definition) is 3. The van der Waals surface area contributed by atoms with Crippen molar-refractivity contribution >= 4 is 5.97 Å². The molecule has 16 heavy (non-hydrogen) atoms. The summed E-state index contributed by atoms with van der Waals surface area (Å²) in [7, 11) is 0. The van der Waals surface area contributed by atoms with E-state index in [4.69, 9.17) is 10.6 Å². The minimum atomic E-state index is -0.940. The molecular weight excluding hydrogens is 208 g/mol. The summed E-state index contributed by atoms with van der Waals surface area (Å²) in [6.07, 6.45) is 3.46. The molecule has 0 rings (SSSR count). The van der Waals surface area contributed by atoms with Crippen LogP contribution in [0.25, 0.3) is 10.4 Å². The highest BCUT2D eigenvalue weighted by molar-refractivity contribution is 5.78. The van der Waals surface area contributed by atoms with Crippen LogP contribution in [0.5, 0.6) is 0 Å². The lowest BCUT2D eigenvalue weighted by Gasteiger charge is -2.25. The fourth-order valence-corrected chi connectivity index (χ4v) is 1.22. The predicted octanol–water partition coefficient (Wildman–Crippen LogP) is 2.09. The third kappa shape index (κ3) is 5.38. The molecule has 0 fully saturated rings. The van der Waals surface area contributed by atoms with Gasteiger partial charge in [0, 0.05) is 11.5 Å². The molecule has 0 aliphatic carbocycles. The lowest BCUT2D eigenvalue weighted by molar-refractivity contribution is -0.144. The van der Waals surface area contributed by atoms with Crippen molar-refractivity contribution in [2.24, 2.45) is 5.11 Å². The van der Waals surface area contributed by atoms with Gasteiger partial charge in [-0.2, -0.15) is 0 Å². The minimum absolute atomic E-state index is 0.376. The molecule has 0 radical (unpaired) electrons. The Labute approximate surface area is 95.0 Å². The van der Waals surface area contributed by atoms with Crippen molar-refractivity contribution in [3.8, 4) is 0 Å². The second-order valence-electron chi connectivity index (χ2n) is 3.70. The van der Waals surface area contributed by atoms with Gasteiger partial charge in [-0.3, -0.25) is 4.79 Å². The van der Waals surface area contributed by atoms with E-state index in [1.807, 2.05) is 0 Å². The maximum absolute atomic E-state index is 11.1. The molecule has 0 heterocycles. The van der Waals surface area contributed by atoms with Crippen LogP contribution < -0.4 is 5.32 Å². The third-order valence-electron chi connectivity index (χ3n) is 2.33. The molecule has 6 nitrogen and oxygen atoms in total. The van der Waals surface area contributed by atoms with Crippen LogP contribution in [-0.2, 0) is 4.79 Å². The molecule has 0 aromatic carbocycles. The molecule has 0 amide bonds. The topological polar surface area (TPSA) is 98.1 Å². The first-order chi connectivity index (χ1) is 7.56. The van der Waals surface area contributed by atoms with E-state index in [1.165, 1.54) is 0 Å². The fraction of sp³-hybridized carbons (Fsp3) is 0.700. The van der Waals surface area contributed by atoms with Crippen molar-refractivity contribution in [3.05, 3.63) is 23.1 Å². The van der Waals surface area contributed by atoms with Gasteiger partial charge in [0.1, 0.15) is 5.54 Å². The molecule has 0 spiro atoms. The first-order valence-corrected chi connectivity index (χ1v) is 5.17. The highest BCUT2D eigenvalue weighted by atomic mass is 16.4. The van der Waals surface area contributed by atoms with Gasteiger partial charge in [0.2, 0.25) is 0 Å². The molecule has 1 unspecified atom stereocenters. The SMILES string of the molecule is C=CCCC(C)(NCCCN=[N+]=[N-])C(=O)O. The maximum atomic E-state index is 11.1. The quantitative estimate of drug-likeness (QED) is 0.207. The van der Waals surface area contributed by atoms with Gasteiger partial charge in [-0.1, -0.05) is 11.2 Å². The second kappa shape index (κ2) is 7.73. The van der Waals surface area contributed by atoms with Gasteiger partial charge >= 0.3 is 5.97 Å². The Morgan fingerprint density at radius 3 is 2.94 bits per heavy atom. The molecule has 0 aromatic heterocycles. The first kappa shape index (κ1) is 14.5. The Bertz CT molecular complexity index is 287. The van der Waals surface area contributed by atoms with Crippen LogP contribution in [0, 0.1) is 0 Å². The number of aliphatic carboxylic acids is 1. The third-order valence-corrected chi connectivity index (χ3v) is 2.33. The van der Waals surface area contributed by atoms with Crippen molar-refractivity contribution in [3.63, 3.8) is 0 Å². The molecule has 0 saturated carbocycles. The van der Waals surface area contributed by atoms with E-state index in [1.54, 1.807) is 13.0 Å². The summed E-state index contributed by atoms with van der Waals surface area (Å²) in [6.45, 7) is 6.10. The summed E-state index contributed by atoms with van der Waals surface area (Å²) in [6, 6.07) is 0. The summed E-state index contributed by atoms with van der Waals surface area (Å²) >= 11 is 0. The molecule has 2 N–H and O–H groups in total. The second-order valence-corrected chi connectivity index (χ2v) is 3.70. The average Bonchev–Trinajstić information content (AvgIpc) is 2.26. The Hall–Kier alpha value is -1.52. The van der Waals surface area contributed by atoms with Crippen LogP contribution in [-0.4, -0.2) is 29.7 Å². The predicted molar refractivity (Wildman–Crippen MR) is 62.1 cm³/mol. The summed E-state index contributed by atoms with van der Waals surface area (Å²) in [5.41, 5.74) is 7.12. The number of carboxylic acids is 1. The Morgan fingerprint density at radius 2 is 2.44 bits per heavy atom. The maximum Gasteiger partial charge on any atom is 0.323 e. The van der Waals surface area contributed by atoms with Crippen molar-refractivity contribution in [1.29, 1.82) is 0 Å². The molecule has 0 aromatic rings. The van der Waals surface area contributed by atoms with Crippen LogP contribution in [0.15, 0.2) is 17.8 Å². The first-order valence-electron chi connectivity index (χ1n) is 5.17. The van der Waals surface area contributed by atoms with Crippen LogP contribution in [0.1, 0.15) is 26.2 Å². The number of rotatable bonds is 9. The van der Waals surface area contributed by atoms with Gasteiger partial charge in [-0.15, -0.1) is 6.58 Å².